The summed E-state index contributed by atoms with van der Waals surface area (Å²) < 4.78 is 16.6. The van der Waals surface area contributed by atoms with E-state index in [4.69, 9.17) is 25.2 Å². The Morgan fingerprint density at radius 1 is 0.780 bits per heavy atom. The Bertz CT molecular complexity index is 1650. The number of carbonyl (C=O) groups excluding carboxylic acids is 2. The second-order valence-electron chi connectivity index (χ2n) is 10.0. The van der Waals surface area contributed by atoms with Gasteiger partial charge in [-0.1, -0.05) is 26.7 Å². The average molecular weight is 580 g/mol. The van der Waals surface area contributed by atoms with Gasteiger partial charge in [-0.15, -0.1) is 0 Å². The standard InChI is InChI=1S/C32H34ClNO7/c1-3-5-14-34(15-6-4-2)23-12-10-21-17-25(31(37)40-27(21)19-23)30(36)26-18-22-11-13-24(20-28(22)41-32(26)38)39-16-8-7-9-29(33)35/h10-13,17-20H,3-9,14-16H2,1-2H3. The van der Waals surface area contributed by atoms with Crippen molar-refractivity contribution in [3.05, 3.63) is 80.5 Å². The molecular weight excluding hydrogens is 546 g/mol. The van der Waals surface area contributed by atoms with E-state index in [2.05, 4.69) is 18.7 Å². The van der Waals surface area contributed by atoms with Crippen LogP contribution < -0.4 is 20.9 Å². The summed E-state index contributed by atoms with van der Waals surface area (Å²) in [6.07, 6.45) is 5.79. The maximum atomic E-state index is 13.3. The molecule has 9 heteroatoms. The van der Waals surface area contributed by atoms with Crippen molar-refractivity contribution in [1.29, 1.82) is 0 Å². The van der Waals surface area contributed by atoms with Crippen LogP contribution in [-0.4, -0.2) is 30.7 Å². The van der Waals surface area contributed by atoms with Gasteiger partial charge in [-0.2, -0.15) is 0 Å². The highest BCUT2D eigenvalue weighted by atomic mass is 35.5. The van der Waals surface area contributed by atoms with Crippen LogP contribution in [-0.2, 0) is 4.79 Å². The van der Waals surface area contributed by atoms with Gasteiger partial charge in [0.1, 0.15) is 28.0 Å². The number of ether oxygens (including phenoxy) is 1. The van der Waals surface area contributed by atoms with Crippen LogP contribution in [0.3, 0.4) is 0 Å². The minimum atomic E-state index is -0.863. The number of hydrogen-bond acceptors (Lipinski definition) is 8. The van der Waals surface area contributed by atoms with Crippen molar-refractivity contribution in [2.45, 2.75) is 58.8 Å². The SMILES string of the molecule is CCCCN(CCCC)c1ccc2cc(C(=O)c3cc4ccc(OCCCCC(=O)Cl)cc4oc3=O)c(=O)oc2c1. The van der Waals surface area contributed by atoms with E-state index < -0.39 is 17.0 Å². The second kappa shape index (κ2) is 14.1. The van der Waals surface area contributed by atoms with Gasteiger partial charge in [-0.05, 0) is 73.7 Å². The van der Waals surface area contributed by atoms with Gasteiger partial charge in [-0.3, -0.25) is 9.59 Å². The molecule has 0 spiro atoms. The lowest BCUT2D eigenvalue weighted by Crippen LogP contribution is -2.25. The molecule has 0 aliphatic carbocycles. The lowest BCUT2D eigenvalue weighted by Gasteiger charge is -2.24. The molecule has 41 heavy (non-hydrogen) atoms. The van der Waals surface area contributed by atoms with Crippen LogP contribution >= 0.6 is 11.6 Å². The Kier molecular flexibility index (Phi) is 10.4. The first kappa shape index (κ1) is 30.1. The third kappa shape index (κ3) is 7.64. The minimum Gasteiger partial charge on any atom is -0.493 e. The van der Waals surface area contributed by atoms with Crippen LogP contribution in [0.25, 0.3) is 21.9 Å². The summed E-state index contributed by atoms with van der Waals surface area (Å²) in [5.74, 6) is -0.281. The molecule has 0 saturated heterocycles. The Morgan fingerprint density at radius 2 is 1.37 bits per heavy atom. The molecule has 0 atom stereocenters. The summed E-state index contributed by atoms with van der Waals surface area (Å²) in [6.45, 7) is 6.48. The molecule has 2 heterocycles. The molecule has 0 bridgehead atoms. The highest BCUT2D eigenvalue weighted by Gasteiger charge is 2.21. The normalized spacial score (nSPS) is 11.2. The van der Waals surface area contributed by atoms with Gasteiger partial charge in [-0.25, -0.2) is 9.59 Å². The third-order valence-corrected chi connectivity index (χ3v) is 7.07. The van der Waals surface area contributed by atoms with E-state index in [0.29, 0.717) is 41.6 Å². The molecule has 0 fully saturated rings. The number of halogens is 1. The first-order valence-electron chi connectivity index (χ1n) is 14.1. The number of benzene rings is 2. The smallest absolute Gasteiger partial charge is 0.347 e. The maximum Gasteiger partial charge on any atom is 0.347 e. The number of anilines is 1. The molecule has 0 N–H and O–H groups in total. The predicted octanol–water partition coefficient (Wildman–Crippen LogP) is 6.85. The van der Waals surface area contributed by atoms with Crippen LogP contribution in [0.5, 0.6) is 5.75 Å². The zero-order valence-electron chi connectivity index (χ0n) is 23.4. The zero-order valence-corrected chi connectivity index (χ0v) is 24.1. The van der Waals surface area contributed by atoms with Crippen molar-refractivity contribution in [1.82, 2.24) is 0 Å². The van der Waals surface area contributed by atoms with E-state index in [-0.39, 0.29) is 28.4 Å². The van der Waals surface area contributed by atoms with Gasteiger partial charge >= 0.3 is 11.3 Å². The lowest BCUT2D eigenvalue weighted by atomic mass is 10.0. The molecular formula is C32H34ClNO7. The van der Waals surface area contributed by atoms with Crippen molar-refractivity contribution in [3.63, 3.8) is 0 Å². The second-order valence-corrected chi connectivity index (χ2v) is 10.4. The Hall–Kier alpha value is -3.91. The molecule has 216 valence electrons. The van der Waals surface area contributed by atoms with Crippen molar-refractivity contribution >= 4 is 50.3 Å². The third-order valence-electron chi connectivity index (χ3n) is 6.88. The van der Waals surface area contributed by atoms with Crippen LogP contribution in [0.4, 0.5) is 5.69 Å². The molecule has 0 aliphatic rings. The van der Waals surface area contributed by atoms with Crippen LogP contribution in [0.2, 0.25) is 0 Å². The van der Waals surface area contributed by atoms with E-state index in [0.717, 1.165) is 44.5 Å². The van der Waals surface area contributed by atoms with Crippen LogP contribution in [0.15, 0.2) is 67.0 Å². The average Bonchev–Trinajstić information content (AvgIpc) is 2.95. The number of fused-ring (bicyclic) bond motifs is 2. The lowest BCUT2D eigenvalue weighted by molar-refractivity contribution is -0.111. The van der Waals surface area contributed by atoms with E-state index in [9.17, 15) is 19.2 Å². The highest BCUT2D eigenvalue weighted by molar-refractivity contribution is 6.63. The quantitative estimate of drug-likeness (QED) is 0.0651. The van der Waals surface area contributed by atoms with E-state index in [1.54, 1.807) is 18.2 Å². The van der Waals surface area contributed by atoms with Gasteiger partial charge < -0.3 is 18.5 Å². The van der Waals surface area contributed by atoms with Gasteiger partial charge in [0.15, 0.2) is 0 Å². The molecule has 0 saturated carbocycles. The highest BCUT2D eigenvalue weighted by Crippen LogP contribution is 2.25. The van der Waals surface area contributed by atoms with E-state index >= 15 is 0 Å². The summed E-state index contributed by atoms with van der Waals surface area (Å²) in [4.78, 5) is 52.1. The Balaban J connectivity index is 1.56. The maximum absolute atomic E-state index is 13.3. The van der Waals surface area contributed by atoms with Crippen molar-refractivity contribution in [2.75, 3.05) is 24.6 Å². The van der Waals surface area contributed by atoms with E-state index in [1.807, 2.05) is 18.2 Å². The van der Waals surface area contributed by atoms with Gasteiger partial charge in [0.25, 0.3) is 0 Å². The molecule has 2 aromatic heterocycles. The van der Waals surface area contributed by atoms with Gasteiger partial charge in [0.2, 0.25) is 11.0 Å². The largest absolute Gasteiger partial charge is 0.493 e. The molecule has 8 nitrogen and oxygen atoms in total. The molecule has 2 aromatic carbocycles. The fourth-order valence-electron chi connectivity index (χ4n) is 4.56. The number of ketones is 1. The minimum absolute atomic E-state index is 0.235. The molecule has 0 unspecified atom stereocenters. The summed E-state index contributed by atoms with van der Waals surface area (Å²) in [5, 5.41) is 0.706. The molecule has 4 aromatic rings. The topological polar surface area (TPSA) is 107 Å². The van der Waals surface area contributed by atoms with E-state index in [1.165, 1.54) is 12.1 Å². The number of rotatable bonds is 15. The summed E-state index contributed by atoms with van der Waals surface area (Å²) in [5.41, 5.74) is -0.578. The summed E-state index contributed by atoms with van der Waals surface area (Å²) >= 11 is 5.34. The molecule has 0 aliphatic heterocycles. The number of carbonyl (C=O) groups is 2. The van der Waals surface area contributed by atoms with Crippen molar-refractivity contribution < 1.29 is 23.2 Å². The Labute approximate surface area is 242 Å². The summed E-state index contributed by atoms with van der Waals surface area (Å²) in [7, 11) is 0. The van der Waals surface area contributed by atoms with Crippen molar-refractivity contribution in [3.8, 4) is 5.75 Å². The van der Waals surface area contributed by atoms with Crippen LogP contribution in [0.1, 0.15) is 74.7 Å². The fraction of sp³-hybridized carbons (Fsp3) is 0.375. The number of hydrogen-bond donors (Lipinski definition) is 0. The number of unbranched alkanes of at least 4 members (excludes halogenated alkanes) is 3. The molecule has 4 rings (SSSR count). The molecule has 0 radical (unpaired) electrons. The molecule has 0 amide bonds. The Morgan fingerprint density at radius 3 is 1.95 bits per heavy atom. The predicted molar refractivity (Wildman–Crippen MR) is 161 cm³/mol. The monoisotopic (exact) mass is 579 g/mol. The van der Waals surface area contributed by atoms with Gasteiger partial charge in [0.05, 0.1) is 6.61 Å². The zero-order chi connectivity index (χ0) is 29.4. The first-order valence-corrected chi connectivity index (χ1v) is 14.4. The first-order chi connectivity index (χ1) is 19.8. The van der Waals surface area contributed by atoms with Crippen molar-refractivity contribution in [2.24, 2.45) is 0 Å². The van der Waals surface area contributed by atoms with Gasteiger partial charge in [0, 0.05) is 48.1 Å². The summed E-state index contributed by atoms with van der Waals surface area (Å²) in [6, 6.07) is 13.4. The number of nitrogens with zero attached hydrogens (tertiary/aromatic N) is 1. The fourth-order valence-corrected chi connectivity index (χ4v) is 4.70. The van der Waals surface area contributed by atoms with Crippen LogP contribution in [0, 0.1) is 0 Å².